The summed E-state index contributed by atoms with van der Waals surface area (Å²) in [6.07, 6.45) is 0. The van der Waals surface area contributed by atoms with Crippen LogP contribution in [0.15, 0.2) is 4.42 Å². The fraction of sp³-hybridized carbons (Fsp3) is 0.667. The molecule has 1 aromatic rings. The standard InChI is InChI=1S/C6H11N3O/c1-3-7-4-6-9-8-5(2)10-6/h7H,3-4H2,1-2H3. The van der Waals surface area contributed by atoms with Gasteiger partial charge >= 0.3 is 0 Å². The Balaban J connectivity index is 2.42. The monoisotopic (exact) mass is 141 g/mol. The molecule has 1 aromatic heterocycles. The Morgan fingerprint density at radius 3 is 2.80 bits per heavy atom. The summed E-state index contributed by atoms with van der Waals surface area (Å²) in [5.41, 5.74) is 0. The van der Waals surface area contributed by atoms with Crippen molar-refractivity contribution in [1.29, 1.82) is 0 Å². The van der Waals surface area contributed by atoms with Crippen molar-refractivity contribution in [3.8, 4) is 0 Å². The van der Waals surface area contributed by atoms with Gasteiger partial charge in [0.05, 0.1) is 6.54 Å². The van der Waals surface area contributed by atoms with E-state index in [9.17, 15) is 0 Å². The molecule has 0 spiro atoms. The van der Waals surface area contributed by atoms with Crippen molar-refractivity contribution in [2.24, 2.45) is 0 Å². The fourth-order valence-corrected chi connectivity index (χ4v) is 0.641. The molecule has 0 aliphatic rings. The van der Waals surface area contributed by atoms with E-state index in [0.29, 0.717) is 18.3 Å². The van der Waals surface area contributed by atoms with E-state index in [1.807, 2.05) is 6.92 Å². The van der Waals surface area contributed by atoms with Crippen molar-refractivity contribution < 1.29 is 4.42 Å². The number of hydrogen-bond acceptors (Lipinski definition) is 4. The van der Waals surface area contributed by atoms with Crippen LogP contribution >= 0.6 is 0 Å². The molecule has 1 heterocycles. The average molecular weight is 141 g/mol. The number of aromatic nitrogens is 2. The van der Waals surface area contributed by atoms with Gasteiger partial charge in [0.25, 0.3) is 0 Å². The highest BCUT2D eigenvalue weighted by Gasteiger charge is 1.98. The molecule has 0 saturated carbocycles. The number of aryl methyl sites for hydroxylation is 1. The molecule has 0 atom stereocenters. The van der Waals surface area contributed by atoms with E-state index in [2.05, 4.69) is 15.5 Å². The maximum Gasteiger partial charge on any atom is 0.230 e. The molecule has 4 nitrogen and oxygen atoms in total. The Morgan fingerprint density at radius 1 is 1.50 bits per heavy atom. The molecule has 1 N–H and O–H groups in total. The van der Waals surface area contributed by atoms with Crippen LogP contribution in [-0.4, -0.2) is 16.7 Å². The van der Waals surface area contributed by atoms with Crippen LogP contribution in [-0.2, 0) is 6.54 Å². The van der Waals surface area contributed by atoms with E-state index in [0.717, 1.165) is 6.54 Å². The number of nitrogens with zero attached hydrogens (tertiary/aromatic N) is 2. The molecule has 0 unspecified atom stereocenters. The molecule has 0 aliphatic carbocycles. The molecule has 4 heteroatoms. The Kier molecular flexibility index (Phi) is 2.39. The highest BCUT2D eigenvalue weighted by molar-refractivity contribution is 4.77. The van der Waals surface area contributed by atoms with Crippen LogP contribution < -0.4 is 5.32 Å². The van der Waals surface area contributed by atoms with Gasteiger partial charge < -0.3 is 9.73 Å². The number of nitrogens with one attached hydrogen (secondary N) is 1. The quantitative estimate of drug-likeness (QED) is 0.665. The molecule has 0 bridgehead atoms. The number of rotatable bonds is 3. The van der Waals surface area contributed by atoms with Crippen molar-refractivity contribution >= 4 is 0 Å². The third kappa shape index (κ3) is 1.80. The predicted octanol–water partition coefficient (Wildman–Crippen LogP) is 0.488. The van der Waals surface area contributed by atoms with Gasteiger partial charge in [-0.2, -0.15) is 0 Å². The van der Waals surface area contributed by atoms with E-state index in [1.54, 1.807) is 6.92 Å². The van der Waals surface area contributed by atoms with Crippen molar-refractivity contribution in [1.82, 2.24) is 15.5 Å². The van der Waals surface area contributed by atoms with Crippen molar-refractivity contribution in [3.05, 3.63) is 11.8 Å². The molecule has 0 amide bonds. The lowest BCUT2D eigenvalue weighted by molar-refractivity contribution is 0.450. The number of hydrogen-bond donors (Lipinski definition) is 1. The molecular weight excluding hydrogens is 130 g/mol. The Labute approximate surface area is 59.6 Å². The Morgan fingerprint density at radius 2 is 2.30 bits per heavy atom. The van der Waals surface area contributed by atoms with Crippen molar-refractivity contribution in [2.75, 3.05) is 6.54 Å². The minimum absolute atomic E-state index is 0.618. The third-order valence-corrected chi connectivity index (χ3v) is 1.09. The first-order chi connectivity index (χ1) is 4.83. The van der Waals surface area contributed by atoms with Gasteiger partial charge in [-0.3, -0.25) is 0 Å². The summed E-state index contributed by atoms with van der Waals surface area (Å²) in [6.45, 7) is 5.39. The minimum Gasteiger partial charge on any atom is -0.424 e. The van der Waals surface area contributed by atoms with Crippen LogP contribution in [0.1, 0.15) is 18.7 Å². The molecule has 56 valence electrons. The fourth-order valence-electron chi connectivity index (χ4n) is 0.641. The van der Waals surface area contributed by atoms with Crippen LogP contribution in [0.3, 0.4) is 0 Å². The van der Waals surface area contributed by atoms with E-state index in [1.165, 1.54) is 0 Å². The second kappa shape index (κ2) is 3.31. The van der Waals surface area contributed by atoms with Crippen LogP contribution in [0.25, 0.3) is 0 Å². The minimum atomic E-state index is 0.618. The first-order valence-corrected chi connectivity index (χ1v) is 3.32. The molecule has 0 radical (unpaired) electrons. The van der Waals surface area contributed by atoms with Crippen molar-refractivity contribution in [3.63, 3.8) is 0 Å². The van der Waals surface area contributed by atoms with Crippen LogP contribution in [0.2, 0.25) is 0 Å². The topological polar surface area (TPSA) is 51.0 Å². The SMILES string of the molecule is CCNCc1nnc(C)o1. The zero-order valence-electron chi connectivity index (χ0n) is 6.22. The summed E-state index contributed by atoms with van der Waals surface area (Å²) in [5.74, 6) is 1.27. The first-order valence-electron chi connectivity index (χ1n) is 3.32. The smallest absolute Gasteiger partial charge is 0.230 e. The van der Waals surface area contributed by atoms with Gasteiger partial charge in [0.15, 0.2) is 0 Å². The maximum absolute atomic E-state index is 5.10. The van der Waals surface area contributed by atoms with Crippen LogP contribution in [0, 0.1) is 6.92 Å². The zero-order valence-corrected chi connectivity index (χ0v) is 6.22. The van der Waals surface area contributed by atoms with Gasteiger partial charge in [-0.15, -0.1) is 10.2 Å². The van der Waals surface area contributed by atoms with Gasteiger partial charge in [-0.05, 0) is 6.54 Å². The van der Waals surface area contributed by atoms with E-state index in [-0.39, 0.29) is 0 Å². The highest BCUT2D eigenvalue weighted by Crippen LogP contribution is 1.95. The molecule has 0 saturated heterocycles. The summed E-state index contributed by atoms with van der Waals surface area (Å²) >= 11 is 0. The van der Waals surface area contributed by atoms with Gasteiger partial charge in [0, 0.05) is 6.92 Å². The lowest BCUT2D eigenvalue weighted by atomic mass is 10.6. The largest absolute Gasteiger partial charge is 0.424 e. The van der Waals surface area contributed by atoms with E-state index < -0.39 is 0 Å². The molecule has 0 fully saturated rings. The molecule has 0 aliphatic heterocycles. The summed E-state index contributed by atoms with van der Waals surface area (Å²) in [4.78, 5) is 0. The summed E-state index contributed by atoms with van der Waals surface area (Å²) in [7, 11) is 0. The van der Waals surface area contributed by atoms with Crippen molar-refractivity contribution in [2.45, 2.75) is 20.4 Å². The van der Waals surface area contributed by atoms with Gasteiger partial charge in [0.1, 0.15) is 0 Å². The van der Waals surface area contributed by atoms with Crippen LogP contribution in [0.4, 0.5) is 0 Å². The third-order valence-electron chi connectivity index (χ3n) is 1.09. The molecule has 0 aromatic carbocycles. The second-order valence-electron chi connectivity index (χ2n) is 2.00. The highest BCUT2D eigenvalue weighted by atomic mass is 16.4. The Bertz CT molecular complexity index is 197. The molecule has 10 heavy (non-hydrogen) atoms. The first kappa shape index (κ1) is 7.21. The van der Waals surface area contributed by atoms with Crippen LogP contribution in [0.5, 0.6) is 0 Å². The predicted molar refractivity (Wildman–Crippen MR) is 36.4 cm³/mol. The maximum atomic E-state index is 5.10. The van der Waals surface area contributed by atoms with Gasteiger partial charge in [-0.25, -0.2) is 0 Å². The molecular formula is C6H11N3O. The zero-order chi connectivity index (χ0) is 7.40. The van der Waals surface area contributed by atoms with E-state index >= 15 is 0 Å². The summed E-state index contributed by atoms with van der Waals surface area (Å²) < 4.78 is 5.10. The normalized spacial score (nSPS) is 10.2. The average Bonchev–Trinajstić information content (AvgIpc) is 2.31. The Hall–Kier alpha value is -0.900. The lowest BCUT2D eigenvalue weighted by Crippen LogP contribution is -2.11. The van der Waals surface area contributed by atoms with Gasteiger partial charge in [-0.1, -0.05) is 6.92 Å². The molecule has 1 rings (SSSR count). The van der Waals surface area contributed by atoms with Gasteiger partial charge in [0.2, 0.25) is 11.8 Å². The lowest BCUT2D eigenvalue weighted by Gasteiger charge is -1.92. The summed E-state index contributed by atoms with van der Waals surface area (Å²) in [6, 6.07) is 0. The summed E-state index contributed by atoms with van der Waals surface area (Å²) in [5, 5.41) is 10.6. The van der Waals surface area contributed by atoms with E-state index in [4.69, 9.17) is 4.42 Å². The second-order valence-corrected chi connectivity index (χ2v) is 2.00.